The Morgan fingerprint density at radius 2 is 1.89 bits per heavy atom. The molecule has 0 heterocycles. The van der Waals surface area contributed by atoms with E-state index < -0.39 is 10.8 Å². The second-order valence-electron chi connectivity index (χ2n) is 3.32. The second-order valence-corrected chi connectivity index (χ2v) is 5.72. The molecule has 0 amide bonds. The van der Waals surface area contributed by atoms with E-state index in [2.05, 4.69) is 0 Å². The molecule has 0 saturated heterocycles. The fraction of sp³-hybridized carbons (Fsp3) is 0.250. The Morgan fingerprint density at radius 1 is 1.22 bits per heavy atom. The zero-order valence-corrected chi connectivity index (χ0v) is 11.1. The molecule has 6 heteroatoms. The highest BCUT2D eigenvalue weighted by Gasteiger charge is 2.07. The van der Waals surface area contributed by atoms with Gasteiger partial charge in [-0.1, -0.05) is 36.0 Å². The maximum Gasteiger partial charge on any atom is 0.220 e. The molecule has 0 bridgehead atoms. The lowest BCUT2D eigenvalue weighted by Crippen LogP contribution is -2.00. The van der Waals surface area contributed by atoms with E-state index in [1.165, 1.54) is 0 Å². The van der Waals surface area contributed by atoms with E-state index >= 15 is 0 Å². The number of benzene rings is 1. The molecular weight excluding hydrogens is 268 g/mol. The van der Waals surface area contributed by atoms with Crippen LogP contribution in [-0.4, -0.2) is 20.8 Å². The molecule has 18 heavy (non-hydrogen) atoms. The van der Waals surface area contributed by atoms with Gasteiger partial charge in [0.15, 0.2) is 0 Å². The third kappa shape index (κ3) is 4.70. The smallest absolute Gasteiger partial charge is 0.220 e. The van der Waals surface area contributed by atoms with Crippen LogP contribution < -0.4 is 0 Å². The van der Waals surface area contributed by atoms with E-state index in [1.807, 2.05) is 12.1 Å². The van der Waals surface area contributed by atoms with Crippen LogP contribution in [0.5, 0.6) is 0 Å². The Labute approximate surface area is 112 Å². The standard InChI is InChI=1S/C12H10N2O2S2/c13-5-7-17-12(15)11-3-1-10(2-4-11)9-18(16)8-6-14/h1-4H,7-9H2. The van der Waals surface area contributed by atoms with Crippen LogP contribution in [0.1, 0.15) is 15.9 Å². The molecule has 0 saturated carbocycles. The summed E-state index contributed by atoms with van der Waals surface area (Å²) >= 11 is 0.954. The lowest BCUT2D eigenvalue weighted by Gasteiger charge is -2.01. The summed E-state index contributed by atoms with van der Waals surface area (Å²) in [6, 6.07) is 10.5. The van der Waals surface area contributed by atoms with Gasteiger partial charge in [-0.2, -0.15) is 10.5 Å². The summed E-state index contributed by atoms with van der Waals surface area (Å²) in [6.45, 7) is 0. The van der Waals surface area contributed by atoms with Crippen molar-refractivity contribution >= 4 is 27.7 Å². The van der Waals surface area contributed by atoms with Gasteiger partial charge in [-0.25, -0.2) is 0 Å². The first-order chi connectivity index (χ1) is 8.67. The molecular formula is C12H10N2O2S2. The van der Waals surface area contributed by atoms with E-state index in [1.54, 1.807) is 24.3 Å². The van der Waals surface area contributed by atoms with Crippen molar-refractivity contribution in [3.05, 3.63) is 35.4 Å². The van der Waals surface area contributed by atoms with Crippen molar-refractivity contribution < 1.29 is 9.00 Å². The second kappa shape index (κ2) is 7.65. The first kappa shape index (κ1) is 14.4. The Balaban J connectivity index is 2.63. The van der Waals surface area contributed by atoms with Crippen molar-refractivity contribution in [2.24, 2.45) is 0 Å². The predicted octanol–water partition coefficient (Wildman–Crippen LogP) is 1.86. The fourth-order valence-electron chi connectivity index (χ4n) is 1.23. The van der Waals surface area contributed by atoms with Gasteiger partial charge in [0, 0.05) is 22.1 Å². The van der Waals surface area contributed by atoms with Gasteiger partial charge in [0.25, 0.3) is 0 Å². The van der Waals surface area contributed by atoms with Crippen molar-refractivity contribution in [1.82, 2.24) is 0 Å². The van der Waals surface area contributed by atoms with E-state index in [9.17, 15) is 9.00 Å². The lowest BCUT2D eigenvalue weighted by molar-refractivity contribution is 0.108. The summed E-state index contributed by atoms with van der Waals surface area (Å²) in [5.41, 5.74) is 1.34. The Hall–Kier alpha value is -1.63. The topological polar surface area (TPSA) is 81.7 Å². The van der Waals surface area contributed by atoms with Crippen molar-refractivity contribution in [2.45, 2.75) is 5.75 Å². The highest BCUT2D eigenvalue weighted by molar-refractivity contribution is 8.14. The monoisotopic (exact) mass is 278 g/mol. The van der Waals surface area contributed by atoms with Crippen LogP contribution in [0.2, 0.25) is 0 Å². The number of nitriles is 2. The zero-order chi connectivity index (χ0) is 13.4. The Morgan fingerprint density at radius 3 is 2.44 bits per heavy atom. The maximum absolute atomic E-state index is 11.5. The van der Waals surface area contributed by atoms with Gasteiger partial charge in [-0.15, -0.1) is 0 Å². The fourth-order valence-corrected chi connectivity index (χ4v) is 2.54. The summed E-state index contributed by atoms with van der Waals surface area (Å²) in [7, 11) is -1.19. The highest BCUT2D eigenvalue weighted by atomic mass is 32.2. The minimum Gasteiger partial charge on any atom is -0.282 e. The summed E-state index contributed by atoms with van der Waals surface area (Å²) in [5.74, 6) is 0.457. The molecule has 1 unspecified atom stereocenters. The van der Waals surface area contributed by atoms with E-state index in [0.29, 0.717) is 11.3 Å². The number of nitrogens with zero attached hydrogens (tertiary/aromatic N) is 2. The number of rotatable bonds is 5. The molecule has 0 aromatic heterocycles. The minimum atomic E-state index is -1.19. The van der Waals surface area contributed by atoms with Crippen molar-refractivity contribution in [3.63, 3.8) is 0 Å². The molecule has 0 radical (unpaired) electrons. The Bertz CT molecular complexity index is 526. The van der Waals surface area contributed by atoms with Gasteiger partial charge in [-0.05, 0) is 5.56 Å². The summed E-state index contributed by atoms with van der Waals surface area (Å²) < 4.78 is 11.4. The van der Waals surface area contributed by atoms with Crippen LogP contribution in [0.3, 0.4) is 0 Å². The Kier molecular flexibility index (Phi) is 6.13. The average Bonchev–Trinajstić information content (AvgIpc) is 2.37. The number of carbonyl (C=O) groups is 1. The van der Waals surface area contributed by atoms with E-state index in [4.69, 9.17) is 10.5 Å². The van der Waals surface area contributed by atoms with Crippen LogP contribution >= 0.6 is 11.8 Å². The average molecular weight is 278 g/mol. The molecule has 1 aromatic rings. The first-order valence-corrected chi connectivity index (χ1v) is 7.49. The van der Waals surface area contributed by atoms with Gasteiger partial charge in [0.2, 0.25) is 5.12 Å². The molecule has 0 aliphatic carbocycles. The summed E-state index contributed by atoms with van der Waals surface area (Å²) in [6.07, 6.45) is 0. The quantitative estimate of drug-likeness (QED) is 0.821. The molecule has 1 aromatic carbocycles. The van der Waals surface area contributed by atoms with Crippen LogP contribution in [0.4, 0.5) is 0 Å². The maximum atomic E-state index is 11.5. The molecule has 1 atom stereocenters. The summed E-state index contributed by atoms with van der Waals surface area (Å²) in [5, 5.41) is 16.6. The van der Waals surface area contributed by atoms with E-state index in [-0.39, 0.29) is 16.6 Å². The molecule has 0 N–H and O–H groups in total. The lowest BCUT2D eigenvalue weighted by atomic mass is 10.2. The zero-order valence-electron chi connectivity index (χ0n) is 9.46. The molecule has 0 aliphatic heterocycles. The predicted molar refractivity (Wildman–Crippen MR) is 71.2 cm³/mol. The number of hydrogen-bond donors (Lipinski definition) is 0. The number of carbonyl (C=O) groups excluding carboxylic acids is 1. The SMILES string of the molecule is N#CCSC(=O)c1ccc(CS(=O)CC#N)cc1. The largest absolute Gasteiger partial charge is 0.282 e. The van der Waals surface area contributed by atoms with Crippen LogP contribution in [0, 0.1) is 22.7 Å². The molecule has 1 rings (SSSR count). The van der Waals surface area contributed by atoms with Gasteiger partial charge >= 0.3 is 0 Å². The van der Waals surface area contributed by atoms with Crippen LogP contribution in [0.25, 0.3) is 0 Å². The molecule has 92 valence electrons. The molecule has 0 aliphatic rings. The van der Waals surface area contributed by atoms with Gasteiger partial charge < -0.3 is 0 Å². The van der Waals surface area contributed by atoms with Crippen molar-refractivity contribution in [2.75, 3.05) is 11.5 Å². The van der Waals surface area contributed by atoms with Gasteiger partial charge in [0.05, 0.1) is 17.9 Å². The third-order valence-corrected chi connectivity index (χ3v) is 3.89. The van der Waals surface area contributed by atoms with Crippen LogP contribution in [0.15, 0.2) is 24.3 Å². The normalized spacial score (nSPS) is 11.2. The number of thioether (sulfide) groups is 1. The van der Waals surface area contributed by atoms with E-state index in [0.717, 1.165) is 17.3 Å². The minimum absolute atomic E-state index is 0.0126. The third-order valence-electron chi connectivity index (χ3n) is 2.01. The summed E-state index contributed by atoms with van der Waals surface area (Å²) in [4.78, 5) is 11.5. The van der Waals surface area contributed by atoms with Gasteiger partial charge in [-0.3, -0.25) is 9.00 Å². The molecule has 4 nitrogen and oxygen atoms in total. The molecule has 0 spiro atoms. The first-order valence-electron chi connectivity index (χ1n) is 5.02. The van der Waals surface area contributed by atoms with Gasteiger partial charge in [0.1, 0.15) is 5.75 Å². The van der Waals surface area contributed by atoms with Crippen molar-refractivity contribution in [3.8, 4) is 12.1 Å². The number of hydrogen-bond acceptors (Lipinski definition) is 5. The van der Waals surface area contributed by atoms with Crippen LogP contribution in [-0.2, 0) is 16.6 Å². The molecule has 0 fully saturated rings. The highest BCUT2D eigenvalue weighted by Crippen LogP contribution is 2.13. The van der Waals surface area contributed by atoms with Crippen molar-refractivity contribution in [1.29, 1.82) is 10.5 Å².